The van der Waals surface area contributed by atoms with Gasteiger partial charge in [-0.2, -0.15) is 0 Å². The number of unbranched alkanes of at least 4 members (excludes halogenated alkanes) is 2. The fraction of sp³-hybridized carbons (Fsp3) is 0.714. The Balaban J connectivity index is 4.69. The van der Waals surface area contributed by atoms with Gasteiger partial charge in [-0.1, -0.05) is 19.8 Å². The van der Waals surface area contributed by atoms with Crippen LogP contribution >= 0.6 is 0 Å². The summed E-state index contributed by atoms with van der Waals surface area (Å²) in [4.78, 5) is 44.6. The van der Waals surface area contributed by atoms with Crippen molar-refractivity contribution in [3.63, 3.8) is 0 Å². The summed E-state index contributed by atoms with van der Waals surface area (Å²) in [5.74, 6) is -3.99. The predicted molar refractivity (Wildman–Crippen MR) is 81.6 cm³/mol. The number of rotatable bonds is 13. The molecule has 9 nitrogen and oxygen atoms in total. The van der Waals surface area contributed by atoms with Crippen molar-refractivity contribution in [2.75, 3.05) is 6.54 Å². The first kappa shape index (κ1) is 20.8. The molecule has 0 spiro atoms. The van der Waals surface area contributed by atoms with E-state index in [1.54, 1.807) is 0 Å². The Morgan fingerprint density at radius 2 is 1.74 bits per heavy atom. The van der Waals surface area contributed by atoms with Crippen LogP contribution in [0.3, 0.4) is 0 Å². The van der Waals surface area contributed by atoms with E-state index < -0.39 is 42.3 Å². The zero-order valence-electron chi connectivity index (χ0n) is 13.2. The van der Waals surface area contributed by atoms with Crippen LogP contribution in [0, 0.1) is 0 Å². The van der Waals surface area contributed by atoms with E-state index >= 15 is 0 Å². The van der Waals surface area contributed by atoms with Gasteiger partial charge in [-0.25, -0.2) is 4.79 Å². The van der Waals surface area contributed by atoms with Crippen molar-refractivity contribution in [2.24, 2.45) is 5.73 Å². The molecular weight excluding hydrogens is 306 g/mol. The predicted octanol–water partition coefficient (Wildman–Crippen LogP) is -0.556. The van der Waals surface area contributed by atoms with Crippen molar-refractivity contribution >= 4 is 23.8 Å². The van der Waals surface area contributed by atoms with Crippen molar-refractivity contribution in [3.8, 4) is 0 Å². The van der Waals surface area contributed by atoms with Gasteiger partial charge in [-0.15, -0.1) is 0 Å². The molecule has 0 saturated carbocycles. The number of carboxylic acid groups (broad SMARTS) is 2. The van der Waals surface area contributed by atoms with Gasteiger partial charge >= 0.3 is 11.9 Å². The number of primary amides is 1. The molecule has 0 aliphatic rings. The summed E-state index contributed by atoms with van der Waals surface area (Å²) in [5.41, 5.74) is 5.06. The van der Waals surface area contributed by atoms with Crippen LogP contribution in [0.1, 0.15) is 45.4 Å². The lowest BCUT2D eigenvalue weighted by Crippen LogP contribution is -2.51. The number of carboxylic acids is 2. The lowest BCUT2D eigenvalue weighted by molar-refractivity contribution is -0.147. The SMILES string of the molecule is CCCCCN[C@@H](CCC(N)=O)C(=O)N[C@@H](CC(=O)O)C(=O)O. The molecule has 0 aromatic rings. The molecule has 0 rings (SSSR count). The first-order valence-corrected chi connectivity index (χ1v) is 7.54. The Kier molecular flexibility index (Phi) is 10.3. The van der Waals surface area contributed by atoms with Crippen LogP contribution in [0.25, 0.3) is 0 Å². The normalized spacial score (nSPS) is 13.1. The average molecular weight is 331 g/mol. The lowest BCUT2D eigenvalue weighted by atomic mass is 10.1. The van der Waals surface area contributed by atoms with E-state index in [2.05, 4.69) is 10.6 Å². The number of nitrogens with one attached hydrogen (secondary N) is 2. The Morgan fingerprint density at radius 1 is 1.09 bits per heavy atom. The van der Waals surface area contributed by atoms with Gasteiger partial charge in [-0.3, -0.25) is 14.4 Å². The van der Waals surface area contributed by atoms with Gasteiger partial charge in [-0.05, 0) is 19.4 Å². The molecule has 9 heteroatoms. The molecule has 0 aromatic heterocycles. The third-order valence-electron chi connectivity index (χ3n) is 3.16. The summed E-state index contributed by atoms with van der Waals surface area (Å²) in [7, 11) is 0. The monoisotopic (exact) mass is 331 g/mol. The molecule has 23 heavy (non-hydrogen) atoms. The van der Waals surface area contributed by atoms with Crippen LogP contribution in [-0.4, -0.2) is 52.6 Å². The second kappa shape index (κ2) is 11.4. The van der Waals surface area contributed by atoms with E-state index in [4.69, 9.17) is 15.9 Å². The maximum absolute atomic E-state index is 12.1. The Hall–Kier alpha value is -2.16. The number of carbonyl (C=O) groups excluding carboxylic acids is 2. The maximum Gasteiger partial charge on any atom is 0.326 e. The maximum atomic E-state index is 12.1. The van der Waals surface area contributed by atoms with E-state index in [0.717, 1.165) is 19.3 Å². The van der Waals surface area contributed by atoms with Gasteiger partial charge in [0.25, 0.3) is 0 Å². The fourth-order valence-electron chi connectivity index (χ4n) is 1.91. The Labute approximate surface area is 134 Å². The number of carbonyl (C=O) groups is 4. The molecule has 0 unspecified atom stereocenters. The van der Waals surface area contributed by atoms with Gasteiger partial charge in [0.2, 0.25) is 11.8 Å². The van der Waals surface area contributed by atoms with Crippen LogP contribution < -0.4 is 16.4 Å². The molecule has 0 heterocycles. The zero-order chi connectivity index (χ0) is 17.8. The molecule has 0 aliphatic heterocycles. The quantitative estimate of drug-likeness (QED) is 0.283. The fourth-order valence-corrected chi connectivity index (χ4v) is 1.91. The van der Waals surface area contributed by atoms with Crippen LogP contribution in [0.2, 0.25) is 0 Å². The lowest BCUT2D eigenvalue weighted by Gasteiger charge is -2.20. The van der Waals surface area contributed by atoms with Crippen LogP contribution in [-0.2, 0) is 19.2 Å². The van der Waals surface area contributed by atoms with E-state index in [1.165, 1.54) is 0 Å². The van der Waals surface area contributed by atoms with Crippen LogP contribution in [0.15, 0.2) is 0 Å². The van der Waals surface area contributed by atoms with Gasteiger partial charge in [0.1, 0.15) is 6.04 Å². The molecule has 2 amide bonds. The van der Waals surface area contributed by atoms with E-state index in [0.29, 0.717) is 6.54 Å². The summed E-state index contributed by atoms with van der Waals surface area (Å²) < 4.78 is 0. The molecule has 132 valence electrons. The minimum absolute atomic E-state index is 0.0322. The number of hydrogen-bond acceptors (Lipinski definition) is 5. The third kappa shape index (κ3) is 10.2. The molecule has 6 N–H and O–H groups in total. The van der Waals surface area contributed by atoms with Gasteiger partial charge in [0, 0.05) is 6.42 Å². The van der Waals surface area contributed by atoms with Crippen LogP contribution in [0.4, 0.5) is 0 Å². The minimum Gasteiger partial charge on any atom is -0.481 e. The van der Waals surface area contributed by atoms with Crippen molar-refractivity contribution in [1.29, 1.82) is 0 Å². The number of nitrogens with two attached hydrogens (primary N) is 1. The van der Waals surface area contributed by atoms with Gasteiger partial charge in [0.05, 0.1) is 12.5 Å². The third-order valence-corrected chi connectivity index (χ3v) is 3.16. The smallest absolute Gasteiger partial charge is 0.326 e. The van der Waals surface area contributed by atoms with E-state index in [1.807, 2.05) is 6.92 Å². The molecule has 2 atom stereocenters. The summed E-state index contributed by atoms with van der Waals surface area (Å²) in [6.07, 6.45) is 2.16. The summed E-state index contributed by atoms with van der Waals surface area (Å²) in [6, 6.07) is -2.32. The highest BCUT2D eigenvalue weighted by molar-refractivity contribution is 5.89. The molecule has 0 aliphatic carbocycles. The highest BCUT2D eigenvalue weighted by Gasteiger charge is 2.27. The molecule has 0 bridgehead atoms. The topological polar surface area (TPSA) is 159 Å². The summed E-state index contributed by atoms with van der Waals surface area (Å²) in [6.45, 7) is 2.56. The first-order valence-electron chi connectivity index (χ1n) is 7.54. The first-order chi connectivity index (χ1) is 10.8. The summed E-state index contributed by atoms with van der Waals surface area (Å²) >= 11 is 0. The largest absolute Gasteiger partial charge is 0.481 e. The van der Waals surface area contributed by atoms with Crippen molar-refractivity contribution in [2.45, 2.75) is 57.5 Å². The Bertz CT molecular complexity index is 427. The van der Waals surface area contributed by atoms with E-state index in [9.17, 15) is 19.2 Å². The summed E-state index contributed by atoms with van der Waals surface area (Å²) in [5, 5.41) is 22.7. The van der Waals surface area contributed by atoms with E-state index in [-0.39, 0.29) is 12.8 Å². The standard InChI is InChI=1S/C14H25N3O6/c1-2-3-4-7-16-9(5-6-11(15)18)13(21)17-10(14(22)23)8-12(19)20/h9-10,16H,2-8H2,1H3,(H2,15,18)(H,17,21)(H,19,20)(H,22,23)/t9-,10-/m0/s1. The number of amides is 2. The van der Waals surface area contributed by atoms with Crippen LogP contribution in [0.5, 0.6) is 0 Å². The van der Waals surface area contributed by atoms with Crippen molar-refractivity contribution in [3.05, 3.63) is 0 Å². The van der Waals surface area contributed by atoms with Crippen molar-refractivity contribution < 1.29 is 29.4 Å². The highest BCUT2D eigenvalue weighted by Crippen LogP contribution is 2.02. The minimum atomic E-state index is -1.52. The number of hydrogen-bond donors (Lipinski definition) is 5. The second-order valence-corrected chi connectivity index (χ2v) is 5.22. The van der Waals surface area contributed by atoms with Gasteiger partial charge in [0.15, 0.2) is 0 Å². The Morgan fingerprint density at radius 3 is 2.22 bits per heavy atom. The average Bonchev–Trinajstić information content (AvgIpc) is 2.44. The second-order valence-electron chi connectivity index (χ2n) is 5.22. The molecular formula is C14H25N3O6. The number of aliphatic carboxylic acids is 2. The molecule has 0 saturated heterocycles. The highest BCUT2D eigenvalue weighted by atomic mass is 16.4. The molecule has 0 aromatic carbocycles. The van der Waals surface area contributed by atoms with Gasteiger partial charge < -0.3 is 26.6 Å². The molecule has 0 fully saturated rings. The van der Waals surface area contributed by atoms with Crippen molar-refractivity contribution in [1.82, 2.24) is 10.6 Å². The molecule has 0 radical (unpaired) electrons. The zero-order valence-corrected chi connectivity index (χ0v) is 13.2.